The molecule has 0 saturated carbocycles. The summed E-state index contributed by atoms with van der Waals surface area (Å²) in [6, 6.07) is 19.2. The molecule has 0 unspecified atom stereocenters. The molecule has 29 heavy (non-hydrogen) atoms. The minimum atomic E-state index is -0.442. The van der Waals surface area contributed by atoms with Crippen molar-refractivity contribution >= 4 is 11.6 Å². The summed E-state index contributed by atoms with van der Waals surface area (Å²) < 4.78 is 1.61. The number of nitrogens with zero attached hydrogens (tertiary/aromatic N) is 3. The Bertz CT molecular complexity index is 1020. The lowest BCUT2D eigenvalue weighted by Crippen LogP contribution is -2.32. The van der Waals surface area contributed by atoms with Gasteiger partial charge in [0.15, 0.2) is 5.69 Å². The lowest BCUT2D eigenvalue weighted by Gasteiger charge is -2.13. The Hall–Kier alpha value is -3.41. The molecule has 0 aliphatic rings. The van der Waals surface area contributed by atoms with Crippen molar-refractivity contribution in [2.24, 2.45) is 0 Å². The van der Waals surface area contributed by atoms with Gasteiger partial charge in [-0.05, 0) is 49.6 Å². The summed E-state index contributed by atoms with van der Waals surface area (Å²) in [4.78, 5) is 26.8. The number of rotatable bonds is 7. The Morgan fingerprint density at radius 3 is 2.41 bits per heavy atom. The Morgan fingerprint density at radius 1 is 1.07 bits per heavy atom. The van der Waals surface area contributed by atoms with E-state index in [2.05, 4.69) is 39.6 Å². The SMILES string of the molecule is Cc1cc(=O)c(C(=O)NCCCc2ccc(N(C)C)cc2)nn1-c1ccccc1. The predicted octanol–water partition coefficient (Wildman–Crippen LogP) is 2.97. The summed E-state index contributed by atoms with van der Waals surface area (Å²) in [7, 11) is 4.02. The molecule has 3 aromatic rings. The van der Waals surface area contributed by atoms with Crippen LogP contribution in [0.1, 0.15) is 28.2 Å². The molecule has 1 aromatic heterocycles. The van der Waals surface area contributed by atoms with Gasteiger partial charge in [0.25, 0.3) is 5.91 Å². The highest BCUT2D eigenvalue weighted by molar-refractivity contribution is 5.92. The second-order valence-corrected chi connectivity index (χ2v) is 7.17. The Labute approximate surface area is 170 Å². The Morgan fingerprint density at radius 2 is 1.76 bits per heavy atom. The molecule has 1 heterocycles. The van der Waals surface area contributed by atoms with Gasteiger partial charge in [0.2, 0.25) is 5.43 Å². The van der Waals surface area contributed by atoms with Crippen molar-refractivity contribution in [2.75, 3.05) is 25.5 Å². The van der Waals surface area contributed by atoms with Crippen molar-refractivity contribution in [3.05, 3.63) is 87.8 Å². The van der Waals surface area contributed by atoms with Crippen molar-refractivity contribution in [1.29, 1.82) is 0 Å². The molecule has 1 N–H and O–H groups in total. The molecule has 0 atom stereocenters. The minimum absolute atomic E-state index is 0.0882. The standard InChI is InChI=1S/C23H26N4O2/c1-17-16-21(28)22(25-27(17)20-9-5-4-6-10-20)23(29)24-15-7-8-18-11-13-19(14-12-18)26(2)3/h4-6,9-14,16H,7-8,15H2,1-3H3,(H,24,29). The van der Waals surface area contributed by atoms with Gasteiger partial charge < -0.3 is 10.2 Å². The van der Waals surface area contributed by atoms with E-state index >= 15 is 0 Å². The van der Waals surface area contributed by atoms with Crippen LogP contribution in [-0.2, 0) is 6.42 Å². The average Bonchev–Trinajstić information content (AvgIpc) is 2.72. The number of nitrogens with one attached hydrogen (secondary N) is 1. The molecule has 0 aliphatic heterocycles. The van der Waals surface area contributed by atoms with Crippen LogP contribution in [0.2, 0.25) is 0 Å². The van der Waals surface area contributed by atoms with Gasteiger partial charge in [-0.25, -0.2) is 4.68 Å². The molecule has 1 amide bonds. The number of aromatic nitrogens is 2. The molecule has 6 nitrogen and oxygen atoms in total. The number of aryl methyl sites for hydroxylation is 2. The molecule has 0 fully saturated rings. The summed E-state index contributed by atoms with van der Waals surface area (Å²) >= 11 is 0. The van der Waals surface area contributed by atoms with E-state index in [-0.39, 0.29) is 11.1 Å². The molecule has 0 saturated heterocycles. The summed E-state index contributed by atoms with van der Waals surface area (Å²) in [5.74, 6) is -0.442. The number of hydrogen-bond donors (Lipinski definition) is 1. The monoisotopic (exact) mass is 390 g/mol. The molecule has 0 aliphatic carbocycles. The third-order valence-electron chi connectivity index (χ3n) is 4.70. The van der Waals surface area contributed by atoms with E-state index in [0.717, 1.165) is 24.2 Å². The van der Waals surface area contributed by atoms with Gasteiger partial charge in [0, 0.05) is 38.1 Å². The van der Waals surface area contributed by atoms with Gasteiger partial charge in [0.05, 0.1) is 5.69 Å². The van der Waals surface area contributed by atoms with Crippen molar-refractivity contribution in [3.63, 3.8) is 0 Å². The number of anilines is 1. The fourth-order valence-electron chi connectivity index (χ4n) is 3.07. The third-order valence-corrected chi connectivity index (χ3v) is 4.70. The highest BCUT2D eigenvalue weighted by Gasteiger charge is 2.14. The zero-order chi connectivity index (χ0) is 20.8. The van der Waals surface area contributed by atoms with Crippen molar-refractivity contribution in [1.82, 2.24) is 15.1 Å². The highest BCUT2D eigenvalue weighted by Crippen LogP contribution is 2.13. The fourth-order valence-corrected chi connectivity index (χ4v) is 3.07. The van der Waals surface area contributed by atoms with Crippen LogP contribution in [0.5, 0.6) is 0 Å². The van der Waals surface area contributed by atoms with Gasteiger partial charge in [-0.1, -0.05) is 30.3 Å². The second-order valence-electron chi connectivity index (χ2n) is 7.17. The molecule has 3 rings (SSSR count). The summed E-state index contributed by atoms with van der Waals surface area (Å²) in [5, 5.41) is 7.11. The zero-order valence-corrected chi connectivity index (χ0v) is 17.1. The summed E-state index contributed by atoms with van der Waals surface area (Å²) in [5.41, 5.74) is 3.40. The van der Waals surface area contributed by atoms with Crippen molar-refractivity contribution in [3.8, 4) is 5.69 Å². The van der Waals surface area contributed by atoms with Crippen LogP contribution in [0.25, 0.3) is 5.69 Å². The maximum absolute atomic E-state index is 12.5. The van der Waals surface area contributed by atoms with E-state index in [9.17, 15) is 9.59 Å². The maximum Gasteiger partial charge on any atom is 0.275 e. The average molecular weight is 390 g/mol. The van der Waals surface area contributed by atoms with Crippen molar-refractivity contribution in [2.45, 2.75) is 19.8 Å². The van der Waals surface area contributed by atoms with Crippen LogP contribution in [0.4, 0.5) is 5.69 Å². The minimum Gasteiger partial charge on any atom is -0.378 e. The quantitative estimate of drug-likeness (QED) is 0.630. The predicted molar refractivity (Wildman–Crippen MR) is 116 cm³/mol. The van der Waals surface area contributed by atoms with Crippen LogP contribution < -0.4 is 15.6 Å². The molecule has 150 valence electrons. The smallest absolute Gasteiger partial charge is 0.275 e. The van der Waals surface area contributed by atoms with Gasteiger partial charge >= 0.3 is 0 Å². The zero-order valence-electron chi connectivity index (χ0n) is 17.1. The van der Waals surface area contributed by atoms with E-state index in [1.54, 1.807) is 11.6 Å². The Kier molecular flexibility index (Phi) is 6.44. The molecule has 0 spiro atoms. The largest absolute Gasteiger partial charge is 0.378 e. The first-order valence-electron chi connectivity index (χ1n) is 9.66. The molecular formula is C23H26N4O2. The summed E-state index contributed by atoms with van der Waals surface area (Å²) in [6.45, 7) is 2.28. The number of hydrogen-bond acceptors (Lipinski definition) is 4. The van der Waals surface area contributed by atoms with Crippen LogP contribution in [0, 0.1) is 6.92 Å². The number of carbonyl (C=O) groups excluding carboxylic acids is 1. The topological polar surface area (TPSA) is 67.2 Å². The maximum atomic E-state index is 12.5. The van der Waals surface area contributed by atoms with Crippen molar-refractivity contribution < 1.29 is 4.79 Å². The van der Waals surface area contributed by atoms with E-state index in [0.29, 0.717) is 12.2 Å². The molecule has 2 aromatic carbocycles. The molecule has 0 bridgehead atoms. The summed E-state index contributed by atoms with van der Waals surface area (Å²) in [6.07, 6.45) is 1.63. The first kappa shape index (κ1) is 20.3. The number of para-hydroxylation sites is 1. The molecule has 0 radical (unpaired) electrons. The van der Waals surface area contributed by atoms with Crippen LogP contribution in [0.3, 0.4) is 0 Å². The third kappa shape index (κ3) is 5.10. The van der Waals surface area contributed by atoms with Crippen LogP contribution in [0.15, 0.2) is 65.5 Å². The Balaban J connectivity index is 1.61. The molecule has 6 heteroatoms. The fraction of sp³-hybridized carbons (Fsp3) is 0.261. The van der Waals surface area contributed by atoms with E-state index < -0.39 is 5.91 Å². The van der Waals surface area contributed by atoms with Crippen LogP contribution in [-0.4, -0.2) is 36.3 Å². The van der Waals surface area contributed by atoms with E-state index in [4.69, 9.17) is 0 Å². The highest BCUT2D eigenvalue weighted by atomic mass is 16.2. The lowest BCUT2D eigenvalue weighted by atomic mass is 10.1. The van der Waals surface area contributed by atoms with E-state index in [1.807, 2.05) is 44.4 Å². The normalized spacial score (nSPS) is 10.6. The number of amides is 1. The van der Waals surface area contributed by atoms with Gasteiger partial charge in [-0.2, -0.15) is 5.10 Å². The van der Waals surface area contributed by atoms with Crippen LogP contribution >= 0.6 is 0 Å². The lowest BCUT2D eigenvalue weighted by molar-refractivity contribution is 0.0945. The van der Waals surface area contributed by atoms with Gasteiger partial charge in [0.1, 0.15) is 0 Å². The first-order chi connectivity index (χ1) is 14.0. The number of carbonyl (C=O) groups is 1. The van der Waals surface area contributed by atoms with E-state index in [1.165, 1.54) is 11.6 Å². The second kappa shape index (κ2) is 9.19. The van der Waals surface area contributed by atoms with Gasteiger partial charge in [-0.3, -0.25) is 9.59 Å². The number of benzene rings is 2. The van der Waals surface area contributed by atoms with Gasteiger partial charge in [-0.15, -0.1) is 0 Å². The molecular weight excluding hydrogens is 364 g/mol. The first-order valence-corrected chi connectivity index (χ1v) is 9.66.